The number of nitrogens with one attached hydrogen (secondary N) is 1. The van der Waals surface area contributed by atoms with Gasteiger partial charge in [0.1, 0.15) is 5.52 Å². The number of carboxylic acids is 1. The van der Waals surface area contributed by atoms with Gasteiger partial charge in [0.2, 0.25) is 11.8 Å². The fourth-order valence-electron chi connectivity index (χ4n) is 6.21. The van der Waals surface area contributed by atoms with E-state index in [1.54, 1.807) is 0 Å². The summed E-state index contributed by atoms with van der Waals surface area (Å²) in [7, 11) is 0. The Morgan fingerprint density at radius 1 is 0.977 bits per heavy atom. The average Bonchev–Trinajstić information content (AvgIpc) is 3.31. The third-order valence-corrected chi connectivity index (χ3v) is 8.82. The molecule has 1 unspecified atom stereocenters. The number of carbonyl (C=O) groups is 1. The standard InChI is InChI=1S/C32H35F3N6O2/c1-20(23-10-7-11-23)36-27-26-28(38-29(37-27)30(42)43)39-31(41(26)19-22-13-15-24(16-14-22)32(33,34)35)40-17-6-5-12-25(40)18-21-8-3-2-4-9-21/h2-4,8-9,13-16,20,23,25H,5-7,10-12,17-19H2,1H3,(H,42,43)(H,36,37,38)/t20-,25?/m1/s1. The quantitative estimate of drug-likeness (QED) is 0.221. The average molecular weight is 593 g/mol. The summed E-state index contributed by atoms with van der Waals surface area (Å²) >= 11 is 0. The summed E-state index contributed by atoms with van der Waals surface area (Å²) < 4.78 is 41.9. The highest BCUT2D eigenvalue weighted by molar-refractivity contribution is 5.91. The molecule has 8 nitrogen and oxygen atoms in total. The van der Waals surface area contributed by atoms with Crippen LogP contribution in [0.4, 0.5) is 24.9 Å². The molecule has 2 N–H and O–H groups in total. The van der Waals surface area contributed by atoms with Gasteiger partial charge >= 0.3 is 12.1 Å². The third kappa shape index (κ3) is 6.16. The van der Waals surface area contributed by atoms with E-state index in [4.69, 9.17) is 4.98 Å². The van der Waals surface area contributed by atoms with Crippen LogP contribution < -0.4 is 10.2 Å². The Hall–Kier alpha value is -4.15. The number of halogens is 3. The van der Waals surface area contributed by atoms with Gasteiger partial charge in [0.25, 0.3) is 0 Å². The number of aromatic carboxylic acids is 1. The first-order valence-electron chi connectivity index (χ1n) is 14.9. The van der Waals surface area contributed by atoms with Crippen molar-refractivity contribution in [1.82, 2.24) is 19.5 Å². The Morgan fingerprint density at radius 2 is 1.72 bits per heavy atom. The monoisotopic (exact) mass is 592 g/mol. The van der Waals surface area contributed by atoms with Crippen molar-refractivity contribution in [2.75, 3.05) is 16.8 Å². The van der Waals surface area contributed by atoms with Gasteiger partial charge in [-0.15, -0.1) is 0 Å². The molecule has 1 saturated heterocycles. The third-order valence-electron chi connectivity index (χ3n) is 8.82. The van der Waals surface area contributed by atoms with E-state index >= 15 is 0 Å². The summed E-state index contributed by atoms with van der Waals surface area (Å²) in [6.45, 7) is 3.03. The second-order valence-corrected chi connectivity index (χ2v) is 11.7. The molecule has 0 radical (unpaired) electrons. The van der Waals surface area contributed by atoms with Crippen LogP contribution in [0.5, 0.6) is 0 Å². The largest absolute Gasteiger partial charge is 0.475 e. The van der Waals surface area contributed by atoms with Crippen molar-refractivity contribution >= 4 is 28.9 Å². The molecule has 2 aliphatic rings. The Bertz CT molecular complexity index is 1580. The maximum Gasteiger partial charge on any atom is 0.416 e. The first kappa shape index (κ1) is 28.9. The SMILES string of the molecule is C[C@@H](Nc1nc(C(=O)O)nc2nc(N3CCCCC3Cc3ccccc3)n(Cc3ccc(C(F)(F)F)cc3)c12)C1CCC1. The second-order valence-electron chi connectivity index (χ2n) is 11.7. The van der Waals surface area contributed by atoms with E-state index in [0.29, 0.717) is 28.8 Å². The number of rotatable bonds is 9. The number of hydrogen-bond donors (Lipinski definition) is 2. The van der Waals surface area contributed by atoms with E-state index in [-0.39, 0.29) is 30.1 Å². The van der Waals surface area contributed by atoms with Crippen LogP contribution in [0.1, 0.15) is 72.8 Å². The second kappa shape index (κ2) is 11.9. The zero-order valence-electron chi connectivity index (χ0n) is 24.0. The number of hydrogen-bond acceptors (Lipinski definition) is 6. The number of imidazole rings is 1. The van der Waals surface area contributed by atoms with Gasteiger partial charge < -0.3 is 19.9 Å². The highest BCUT2D eigenvalue weighted by Gasteiger charge is 2.32. The van der Waals surface area contributed by atoms with Crippen LogP contribution in [-0.2, 0) is 19.1 Å². The van der Waals surface area contributed by atoms with Crippen LogP contribution in [0, 0.1) is 5.92 Å². The van der Waals surface area contributed by atoms with Crippen LogP contribution in [0.2, 0.25) is 0 Å². The predicted molar refractivity (Wildman–Crippen MR) is 158 cm³/mol. The van der Waals surface area contributed by atoms with Crippen molar-refractivity contribution in [3.63, 3.8) is 0 Å². The Balaban J connectivity index is 1.47. The van der Waals surface area contributed by atoms with Gasteiger partial charge in [-0.3, -0.25) is 0 Å². The summed E-state index contributed by atoms with van der Waals surface area (Å²) in [6.07, 6.45) is 2.68. The highest BCUT2D eigenvalue weighted by Crippen LogP contribution is 2.36. The smallest absolute Gasteiger partial charge is 0.416 e. The predicted octanol–water partition coefficient (Wildman–Crippen LogP) is 6.79. The van der Waals surface area contributed by atoms with Gasteiger partial charge in [0.05, 0.1) is 12.1 Å². The molecule has 1 aliphatic heterocycles. The van der Waals surface area contributed by atoms with Crippen LogP contribution in [0.15, 0.2) is 54.6 Å². The van der Waals surface area contributed by atoms with E-state index in [2.05, 4.69) is 39.2 Å². The summed E-state index contributed by atoms with van der Waals surface area (Å²) in [6, 6.07) is 15.6. The molecule has 2 aromatic heterocycles. The first-order chi connectivity index (χ1) is 20.7. The van der Waals surface area contributed by atoms with E-state index < -0.39 is 17.7 Å². The number of benzene rings is 2. The van der Waals surface area contributed by atoms with Crippen LogP contribution in [-0.4, -0.2) is 49.2 Å². The van der Waals surface area contributed by atoms with E-state index in [9.17, 15) is 23.1 Å². The lowest BCUT2D eigenvalue weighted by Crippen LogP contribution is -2.42. The molecule has 226 valence electrons. The summed E-state index contributed by atoms with van der Waals surface area (Å²) in [5.74, 6) is -0.154. The molecule has 11 heteroatoms. The Kier molecular flexibility index (Phi) is 7.98. The number of carboxylic acid groups (broad SMARTS) is 1. The molecule has 2 fully saturated rings. The molecule has 1 aliphatic carbocycles. The van der Waals surface area contributed by atoms with Crippen LogP contribution >= 0.6 is 0 Å². The van der Waals surface area contributed by atoms with Gasteiger partial charge in [-0.1, -0.05) is 48.9 Å². The number of piperidine rings is 1. The molecule has 3 heterocycles. The Morgan fingerprint density at radius 3 is 2.37 bits per heavy atom. The first-order valence-corrected chi connectivity index (χ1v) is 14.9. The topological polar surface area (TPSA) is 96.2 Å². The van der Waals surface area contributed by atoms with Crippen molar-refractivity contribution < 1.29 is 23.1 Å². The summed E-state index contributed by atoms with van der Waals surface area (Å²) in [5, 5.41) is 13.3. The van der Waals surface area contributed by atoms with Gasteiger partial charge in [-0.2, -0.15) is 18.2 Å². The van der Waals surface area contributed by atoms with Crippen molar-refractivity contribution in [1.29, 1.82) is 0 Å². The number of alkyl halides is 3. The zero-order chi connectivity index (χ0) is 30.1. The minimum atomic E-state index is -4.43. The molecule has 4 aromatic rings. The summed E-state index contributed by atoms with van der Waals surface area (Å²) in [4.78, 5) is 28.0. The zero-order valence-corrected chi connectivity index (χ0v) is 24.0. The molecule has 1 saturated carbocycles. The van der Waals surface area contributed by atoms with Crippen molar-refractivity contribution in [3.8, 4) is 0 Å². The normalized spacial score (nSPS) is 18.4. The molecular weight excluding hydrogens is 557 g/mol. The lowest BCUT2D eigenvalue weighted by Gasteiger charge is -2.37. The van der Waals surface area contributed by atoms with Crippen molar-refractivity contribution in [2.24, 2.45) is 5.92 Å². The molecule has 0 bridgehead atoms. The van der Waals surface area contributed by atoms with Crippen LogP contribution in [0.3, 0.4) is 0 Å². The van der Waals surface area contributed by atoms with Gasteiger partial charge in [0, 0.05) is 18.6 Å². The molecular formula is C32H35F3N6O2. The molecule has 2 aromatic carbocycles. The molecule has 0 spiro atoms. The Labute approximate surface area is 248 Å². The number of anilines is 2. The van der Waals surface area contributed by atoms with Gasteiger partial charge in [-0.05, 0) is 74.6 Å². The van der Waals surface area contributed by atoms with Crippen molar-refractivity contribution in [2.45, 2.75) is 76.7 Å². The molecule has 6 rings (SSSR count). The molecule has 0 amide bonds. The molecule has 2 atom stereocenters. The number of aromatic nitrogens is 4. The maximum atomic E-state index is 13.3. The minimum absolute atomic E-state index is 0.0483. The number of nitrogens with zero attached hydrogens (tertiary/aromatic N) is 5. The lowest BCUT2D eigenvalue weighted by molar-refractivity contribution is -0.137. The van der Waals surface area contributed by atoms with Gasteiger partial charge in [-0.25, -0.2) is 14.8 Å². The highest BCUT2D eigenvalue weighted by atomic mass is 19.4. The van der Waals surface area contributed by atoms with E-state index in [1.807, 2.05) is 22.8 Å². The minimum Gasteiger partial charge on any atom is -0.475 e. The summed E-state index contributed by atoms with van der Waals surface area (Å²) in [5.41, 5.74) is 1.95. The fraction of sp³-hybridized carbons (Fsp3) is 0.438. The van der Waals surface area contributed by atoms with Crippen LogP contribution in [0.25, 0.3) is 11.2 Å². The fourth-order valence-corrected chi connectivity index (χ4v) is 6.21. The van der Waals surface area contributed by atoms with Gasteiger partial charge in [0.15, 0.2) is 11.5 Å². The van der Waals surface area contributed by atoms with E-state index in [1.165, 1.54) is 17.7 Å². The number of fused-ring (bicyclic) bond motifs is 1. The lowest BCUT2D eigenvalue weighted by atomic mass is 9.80. The molecule has 43 heavy (non-hydrogen) atoms. The maximum absolute atomic E-state index is 13.3. The van der Waals surface area contributed by atoms with Crippen molar-refractivity contribution in [3.05, 3.63) is 77.1 Å². The van der Waals surface area contributed by atoms with E-state index in [0.717, 1.165) is 63.6 Å².